The fourth-order valence-electron chi connectivity index (χ4n) is 2.72. The van der Waals surface area contributed by atoms with Gasteiger partial charge in [0.15, 0.2) is 0 Å². The molecule has 3 unspecified atom stereocenters. The van der Waals surface area contributed by atoms with Crippen LogP contribution in [-0.2, 0) is 4.74 Å². The molecule has 1 saturated carbocycles. The van der Waals surface area contributed by atoms with Crippen LogP contribution in [0.5, 0.6) is 5.75 Å². The Labute approximate surface area is 116 Å². The van der Waals surface area contributed by atoms with Crippen molar-refractivity contribution >= 4 is 0 Å². The molecule has 106 valence electrons. The zero-order valence-corrected chi connectivity index (χ0v) is 12.4. The summed E-state index contributed by atoms with van der Waals surface area (Å²) < 4.78 is 11.6. The number of nitrogens with one attached hydrogen (secondary N) is 1. The van der Waals surface area contributed by atoms with Crippen LogP contribution in [0.2, 0.25) is 0 Å². The van der Waals surface area contributed by atoms with Gasteiger partial charge < -0.3 is 14.8 Å². The average molecular weight is 263 g/mol. The molecule has 1 N–H and O–H groups in total. The number of methoxy groups -OCH3 is 1. The van der Waals surface area contributed by atoms with Crippen LogP contribution in [-0.4, -0.2) is 31.9 Å². The van der Waals surface area contributed by atoms with Gasteiger partial charge in [0.25, 0.3) is 0 Å². The third-order valence-corrected chi connectivity index (χ3v) is 3.66. The molecule has 0 aromatic heterocycles. The van der Waals surface area contributed by atoms with Crippen molar-refractivity contribution < 1.29 is 9.47 Å². The predicted molar refractivity (Wildman–Crippen MR) is 77.8 cm³/mol. The van der Waals surface area contributed by atoms with E-state index in [1.54, 1.807) is 7.11 Å². The lowest BCUT2D eigenvalue weighted by Gasteiger charge is -2.43. The summed E-state index contributed by atoms with van der Waals surface area (Å²) in [5, 5.41) is 3.50. The van der Waals surface area contributed by atoms with Crippen LogP contribution in [0.1, 0.15) is 30.9 Å². The summed E-state index contributed by atoms with van der Waals surface area (Å²) in [4.78, 5) is 0. The topological polar surface area (TPSA) is 30.5 Å². The summed E-state index contributed by atoms with van der Waals surface area (Å²) in [6.07, 6.45) is 2.49. The molecular weight excluding hydrogens is 238 g/mol. The second kappa shape index (κ2) is 6.40. The highest BCUT2D eigenvalue weighted by atomic mass is 16.5. The smallest absolute Gasteiger partial charge is 0.128 e. The molecule has 1 aromatic rings. The molecule has 19 heavy (non-hydrogen) atoms. The largest absolute Gasteiger partial charge is 0.488 e. The van der Waals surface area contributed by atoms with Crippen LogP contribution in [0.15, 0.2) is 18.2 Å². The van der Waals surface area contributed by atoms with Gasteiger partial charge in [0.1, 0.15) is 18.0 Å². The van der Waals surface area contributed by atoms with Gasteiger partial charge >= 0.3 is 0 Å². The minimum atomic E-state index is 0.160. The van der Waals surface area contributed by atoms with Crippen LogP contribution >= 0.6 is 0 Å². The maximum absolute atomic E-state index is 6.06. The molecule has 0 bridgehead atoms. The minimum absolute atomic E-state index is 0.160. The molecule has 3 heteroatoms. The minimum Gasteiger partial charge on any atom is -0.488 e. The number of ether oxygens (including phenoxy) is 2. The Hall–Kier alpha value is -1.06. The molecule has 1 aliphatic rings. The summed E-state index contributed by atoms with van der Waals surface area (Å²) >= 11 is 0. The maximum atomic E-state index is 6.06. The zero-order chi connectivity index (χ0) is 13.8. The predicted octanol–water partition coefficient (Wildman–Crippen LogP) is 2.84. The van der Waals surface area contributed by atoms with Crippen molar-refractivity contribution in [3.63, 3.8) is 0 Å². The quantitative estimate of drug-likeness (QED) is 0.856. The molecule has 1 fully saturated rings. The highest BCUT2D eigenvalue weighted by Gasteiger charge is 2.42. The summed E-state index contributed by atoms with van der Waals surface area (Å²) in [6.45, 7) is 7.41. The highest BCUT2D eigenvalue weighted by molar-refractivity contribution is 5.33. The van der Waals surface area contributed by atoms with Crippen LogP contribution < -0.4 is 10.1 Å². The van der Waals surface area contributed by atoms with E-state index >= 15 is 0 Å². The second-order valence-electron chi connectivity index (χ2n) is 5.48. The number of hydrogen-bond donors (Lipinski definition) is 1. The first-order valence-electron chi connectivity index (χ1n) is 7.15. The monoisotopic (exact) mass is 263 g/mol. The Morgan fingerprint density at radius 3 is 2.47 bits per heavy atom. The zero-order valence-electron chi connectivity index (χ0n) is 12.4. The van der Waals surface area contributed by atoms with Crippen LogP contribution in [0.25, 0.3) is 0 Å². The fraction of sp³-hybridized carbons (Fsp3) is 0.625. The molecule has 1 aliphatic carbocycles. The Morgan fingerprint density at radius 1 is 1.21 bits per heavy atom. The van der Waals surface area contributed by atoms with E-state index in [-0.39, 0.29) is 12.2 Å². The Morgan fingerprint density at radius 2 is 1.89 bits per heavy atom. The molecule has 0 amide bonds. The van der Waals surface area contributed by atoms with E-state index in [4.69, 9.17) is 9.47 Å². The van der Waals surface area contributed by atoms with Gasteiger partial charge in [-0.05, 0) is 50.1 Å². The highest BCUT2D eigenvalue weighted by Crippen LogP contribution is 2.29. The van der Waals surface area contributed by atoms with Crippen LogP contribution in [0, 0.1) is 13.8 Å². The molecule has 0 heterocycles. The standard InChI is InChI=1S/C16H25NO2/c1-5-6-17-14-10-15(16(14)18-4)19-13-8-11(2)7-12(3)9-13/h7-9,14-17H,5-6,10H2,1-4H3. The molecular formula is C16H25NO2. The van der Waals surface area contributed by atoms with Gasteiger partial charge in [-0.1, -0.05) is 13.0 Å². The first-order valence-corrected chi connectivity index (χ1v) is 7.15. The molecule has 0 spiro atoms. The molecule has 2 rings (SSSR count). The van der Waals surface area contributed by atoms with Crippen molar-refractivity contribution in [2.75, 3.05) is 13.7 Å². The second-order valence-corrected chi connectivity index (χ2v) is 5.48. The summed E-state index contributed by atoms with van der Waals surface area (Å²) in [5.41, 5.74) is 2.48. The van der Waals surface area contributed by atoms with Gasteiger partial charge in [-0.15, -0.1) is 0 Å². The Kier molecular flexibility index (Phi) is 4.83. The van der Waals surface area contributed by atoms with E-state index in [0.29, 0.717) is 6.04 Å². The molecule has 0 aliphatic heterocycles. The normalized spacial score (nSPS) is 26.0. The first kappa shape index (κ1) is 14.4. The number of rotatable bonds is 6. The Balaban J connectivity index is 1.93. The van der Waals surface area contributed by atoms with Crippen LogP contribution in [0.3, 0.4) is 0 Å². The third kappa shape index (κ3) is 3.48. The van der Waals surface area contributed by atoms with Gasteiger partial charge in [-0.2, -0.15) is 0 Å². The maximum Gasteiger partial charge on any atom is 0.128 e. The number of hydrogen-bond acceptors (Lipinski definition) is 3. The number of benzene rings is 1. The van der Waals surface area contributed by atoms with E-state index < -0.39 is 0 Å². The average Bonchev–Trinajstić information content (AvgIpc) is 2.32. The van der Waals surface area contributed by atoms with E-state index in [2.05, 4.69) is 44.3 Å². The van der Waals surface area contributed by atoms with E-state index in [1.165, 1.54) is 11.1 Å². The first-order chi connectivity index (χ1) is 9.13. The van der Waals surface area contributed by atoms with E-state index in [0.717, 1.165) is 25.1 Å². The summed E-state index contributed by atoms with van der Waals surface area (Å²) in [7, 11) is 1.77. The molecule has 0 radical (unpaired) electrons. The van der Waals surface area contributed by atoms with Crippen molar-refractivity contribution in [3.05, 3.63) is 29.3 Å². The van der Waals surface area contributed by atoms with Gasteiger partial charge in [-0.25, -0.2) is 0 Å². The van der Waals surface area contributed by atoms with Gasteiger partial charge in [0, 0.05) is 19.6 Å². The molecule has 1 aromatic carbocycles. The van der Waals surface area contributed by atoms with Crippen LogP contribution in [0.4, 0.5) is 0 Å². The SMILES string of the molecule is CCCNC1CC(Oc2cc(C)cc(C)c2)C1OC. The third-order valence-electron chi connectivity index (χ3n) is 3.66. The lowest BCUT2D eigenvalue weighted by Crippen LogP contribution is -2.61. The Bertz CT molecular complexity index is 399. The lowest BCUT2D eigenvalue weighted by molar-refractivity contribution is -0.0887. The molecule has 0 saturated heterocycles. The van der Waals surface area contributed by atoms with Crippen molar-refractivity contribution in [2.24, 2.45) is 0 Å². The van der Waals surface area contributed by atoms with Gasteiger partial charge in [0.2, 0.25) is 0 Å². The summed E-state index contributed by atoms with van der Waals surface area (Å²) in [5.74, 6) is 0.957. The lowest BCUT2D eigenvalue weighted by atomic mass is 9.85. The number of aryl methyl sites for hydroxylation is 2. The molecule has 3 atom stereocenters. The van der Waals surface area contributed by atoms with Crippen molar-refractivity contribution in [1.29, 1.82) is 0 Å². The molecule has 3 nitrogen and oxygen atoms in total. The van der Waals surface area contributed by atoms with E-state index in [9.17, 15) is 0 Å². The van der Waals surface area contributed by atoms with E-state index in [1.807, 2.05) is 0 Å². The van der Waals surface area contributed by atoms with Gasteiger partial charge in [0.05, 0.1) is 0 Å². The van der Waals surface area contributed by atoms with Crippen molar-refractivity contribution in [2.45, 2.75) is 51.9 Å². The van der Waals surface area contributed by atoms with Gasteiger partial charge in [-0.3, -0.25) is 0 Å². The van der Waals surface area contributed by atoms with Crippen molar-refractivity contribution in [3.8, 4) is 5.75 Å². The fourth-order valence-corrected chi connectivity index (χ4v) is 2.72. The van der Waals surface area contributed by atoms with Crippen molar-refractivity contribution in [1.82, 2.24) is 5.32 Å². The summed E-state index contributed by atoms with van der Waals surface area (Å²) in [6, 6.07) is 6.77.